The molecule has 2 aliphatic rings. The van der Waals surface area contributed by atoms with Gasteiger partial charge in [-0.3, -0.25) is 14.4 Å². The number of nitrogens with one attached hydrogen (secondary N) is 1. The summed E-state index contributed by atoms with van der Waals surface area (Å²) in [5, 5.41) is 2.84. The van der Waals surface area contributed by atoms with E-state index in [4.69, 9.17) is 5.73 Å². The van der Waals surface area contributed by atoms with Crippen molar-refractivity contribution in [3.63, 3.8) is 0 Å². The summed E-state index contributed by atoms with van der Waals surface area (Å²) >= 11 is 0. The van der Waals surface area contributed by atoms with E-state index in [0.29, 0.717) is 25.9 Å². The van der Waals surface area contributed by atoms with E-state index in [-0.39, 0.29) is 36.3 Å². The number of rotatable bonds is 4. The van der Waals surface area contributed by atoms with Gasteiger partial charge in [0.15, 0.2) is 0 Å². The molecule has 0 spiro atoms. The predicted octanol–water partition coefficient (Wildman–Crippen LogP) is -0.158. The molecule has 2 aliphatic heterocycles. The van der Waals surface area contributed by atoms with Crippen molar-refractivity contribution in [3.8, 4) is 0 Å². The van der Waals surface area contributed by atoms with E-state index in [2.05, 4.69) is 5.32 Å². The van der Waals surface area contributed by atoms with Crippen molar-refractivity contribution in [1.29, 1.82) is 0 Å². The summed E-state index contributed by atoms with van der Waals surface area (Å²) in [6.07, 6.45) is 3.81. The minimum Gasteiger partial charge on any atom is -0.352 e. The van der Waals surface area contributed by atoms with Crippen molar-refractivity contribution in [2.24, 2.45) is 5.73 Å². The average Bonchev–Trinajstić information content (AvgIpc) is 2.75. The van der Waals surface area contributed by atoms with Gasteiger partial charge in [0.25, 0.3) is 0 Å². The van der Waals surface area contributed by atoms with Gasteiger partial charge >= 0.3 is 0 Å². The molecule has 0 aliphatic carbocycles. The molecular formula is C16H28N4O3. The molecule has 0 radical (unpaired) electrons. The maximum Gasteiger partial charge on any atom is 0.243 e. The van der Waals surface area contributed by atoms with Gasteiger partial charge in [0.05, 0.1) is 6.54 Å². The number of carbonyl (C=O) groups excluding carboxylic acids is 3. The van der Waals surface area contributed by atoms with Crippen LogP contribution in [0.25, 0.3) is 0 Å². The van der Waals surface area contributed by atoms with Crippen LogP contribution in [0.4, 0.5) is 0 Å². The molecule has 2 saturated heterocycles. The topological polar surface area (TPSA) is 95.7 Å². The molecule has 7 heteroatoms. The monoisotopic (exact) mass is 324 g/mol. The number of hydrogen-bond acceptors (Lipinski definition) is 4. The average molecular weight is 324 g/mol. The molecular weight excluding hydrogens is 296 g/mol. The number of amides is 3. The Kier molecular flexibility index (Phi) is 5.98. The van der Waals surface area contributed by atoms with Gasteiger partial charge in [-0.2, -0.15) is 0 Å². The standard InChI is InChI=1S/C16H28N4O3/c1-11(2)18-16(23)13-8-12(17)9-20(13)15(22)10-19-7-5-3-4-6-14(19)21/h11-13H,3-10,17H2,1-2H3,(H,18,23)/t12-,13+/m1/s1. The summed E-state index contributed by atoms with van der Waals surface area (Å²) in [4.78, 5) is 40.1. The molecule has 0 aromatic heterocycles. The third kappa shape index (κ3) is 4.67. The van der Waals surface area contributed by atoms with E-state index in [1.54, 1.807) is 9.80 Å². The Bertz CT molecular complexity index is 466. The lowest BCUT2D eigenvalue weighted by molar-refractivity contribution is -0.143. The number of carbonyl (C=O) groups is 3. The van der Waals surface area contributed by atoms with Crippen LogP contribution in [0, 0.1) is 0 Å². The second-order valence-corrected chi connectivity index (χ2v) is 6.85. The van der Waals surface area contributed by atoms with Crippen molar-refractivity contribution >= 4 is 17.7 Å². The molecule has 0 aromatic carbocycles. The zero-order valence-corrected chi connectivity index (χ0v) is 14.1. The van der Waals surface area contributed by atoms with E-state index in [1.807, 2.05) is 13.8 Å². The molecule has 0 saturated carbocycles. The van der Waals surface area contributed by atoms with Crippen molar-refractivity contribution in [2.45, 2.75) is 64.1 Å². The quantitative estimate of drug-likeness (QED) is 0.751. The maximum absolute atomic E-state index is 12.6. The first kappa shape index (κ1) is 17.7. The number of hydrogen-bond donors (Lipinski definition) is 2. The van der Waals surface area contributed by atoms with Crippen LogP contribution in [0.1, 0.15) is 46.0 Å². The van der Waals surface area contributed by atoms with Gasteiger partial charge in [-0.05, 0) is 33.1 Å². The summed E-state index contributed by atoms with van der Waals surface area (Å²) in [7, 11) is 0. The zero-order chi connectivity index (χ0) is 17.0. The van der Waals surface area contributed by atoms with Crippen LogP contribution in [0.15, 0.2) is 0 Å². The van der Waals surface area contributed by atoms with Crippen LogP contribution in [0.3, 0.4) is 0 Å². The normalized spacial score (nSPS) is 25.7. The molecule has 2 atom stereocenters. The highest BCUT2D eigenvalue weighted by Gasteiger charge is 2.38. The van der Waals surface area contributed by atoms with E-state index in [1.165, 1.54) is 0 Å². The first-order chi connectivity index (χ1) is 10.9. The molecule has 23 heavy (non-hydrogen) atoms. The smallest absolute Gasteiger partial charge is 0.243 e. The van der Waals surface area contributed by atoms with Crippen molar-refractivity contribution in [1.82, 2.24) is 15.1 Å². The van der Waals surface area contributed by atoms with Crippen LogP contribution in [-0.4, -0.2) is 65.3 Å². The van der Waals surface area contributed by atoms with Crippen LogP contribution in [0.2, 0.25) is 0 Å². The first-order valence-electron chi connectivity index (χ1n) is 8.51. The van der Waals surface area contributed by atoms with E-state index in [0.717, 1.165) is 19.3 Å². The van der Waals surface area contributed by atoms with E-state index >= 15 is 0 Å². The molecule has 2 fully saturated rings. The third-order valence-electron chi connectivity index (χ3n) is 4.38. The van der Waals surface area contributed by atoms with Gasteiger partial charge in [-0.1, -0.05) is 6.42 Å². The fourth-order valence-corrected chi connectivity index (χ4v) is 3.23. The van der Waals surface area contributed by atoms with Crippen molar-refractivity contribution in [3.05, 3.63) is 0 Å². The van der Waals surface area contributed by atoms with Crippen molar-refractivity contribution < 1.29 is 14.4 Å². The second-order valence-electron chi connectivity index (χ2n) is 6.85. The van der Waals surface area contributed by atoms with Crippen LogP contribution < -0.4 is 11.1 Å². The molecule has 3 amide bonds. The molecule has 2 rings (SSSR count). The van der Waals surface area contributed by atoms with Crippen molar-refractivity contribution in [2.75, 3.05) is 19.6 Å². The first-order valence-corrected chi connectivity index (χ1v) is 8.51. The SMILES string of the molecule is CC(C)NC(=O)[C@@H]1C[C@@H](N)CN1C(=O)CN1CCCCCC1=O. The Hall–Kier alpha value is -1.63. The van der Waals surface area contributed by atoms with Crippen LogP contribution in [-0.2, 0) is 14.4 Å². The maximum atomic E-state index is 12.6. The minimum atomic E-state index is -0.526. The third-order valence-corrected chi connectivity index (χ3v) is 4.38. The fraction of sp³-hybridized carbons (Fsp3) is 0.812. The number of likely N-dealkylation sites (tertiary alicyclic amines) is 2. The molecule has 0 unspecified atom stereocenters. The van der Waals surface area contributed by atoms with Crippen LogP contribution in [0.5, 0.6) is 0 Å². The molecule has 0 bridgehead atoms. The molecule has 2 heterocycles. The lowest BCUT2D eigenvalue weighted by atomic mass is 10.1. The lowest BCUT2D eigenvalue weighted by Gasteiger charge is -2.28. The summed E-state index contributed by atoms with van der Waals surface area (Å²) in [6, 6.07) is -0.702. The Morgan fingerprint density at radius 1 is 1.30 bits per heavy atom. The Morgan fingerprint density at radius 3 is 2.74 bits per heavy atom. The summed E-state index contributed by atoms with van der Waals surface area (Å²) < 4.78 is 0. The van der Waals surface area contributed by atoms with Gasteiger partial charge in [0.2, 0.25) is 17.7 Å². The summed E-state index contributed by atoms with van der Waals surface area (Å²) in [6.45, 7) is 4.81. The second kappa shape index (κ2) is 7.77. The number of nitrogens with zero attached hydrogens (tertiary/aromatic N) is 2. The van der Waals surface area contributed by atoms with Gasteiger partial charge in [0, 0.05) is 31.6 Å². The van der Waals surface area contributed by atoms with Gasteiger partial charge < -0.3 is 20.9 Å². The highest BCUT2D eigenvalue weighted by molar-refractivity contribution is 5.91. The molecule has 3 N–H and O–H groups in total. The summed E-state index contributed by atoms with van der Waals surface area (Å²) in [5.74, 6) is -0.317. The van der Waals surface area contributed by atoms with E-state index in [9.17, 15) is 14.4 Å². The van der Waals surface area contributed by atoms with Gasteiger partial charge in [0.1, 0.15) is 6.04 Å². The highest BCUT2D eigenvalue weighted by atomic mass is 16.2. The van der Waals surface area contributed by atoms with Crippen LogP contribution >= 0.6 is 0 Å². The highest BCUT2D eigenvalue weighted by Crippen LogP contribution is 2.19. The largest absolute Gasteiger partial charge is 0.352 e. The minimum absolute atomic E-state index is 0.0171. The molecule has 7 nitrogen and oxygen atoms in total. The molecule has 130 valence electrons. The summed E-state index contributed by atoms with van der Waals surface area (Å²) in [5.41, 5.74) is 5.95. The van der Waals surface area contributed by atoms with Gasteiger partial charge in [-0.25, -0.2) is 0 Å². The predicted molar refractivity (Wildman–Crippen MR) is 86.4 cm³/mol. The van der Waals surface area contributed by atoms with Gasteiger partial charge in [-0.15, -0.1) is 0 Å². The molecule has 0 aromatic rings. The zero-order valence-electron chi connectivity index (χ0n) is 14.1. The Labute approximate surface area is 137 Å². The Balaban J connectivity index is 2.00. The number of nitrogens with two attached hydrogens (primary N) is 1. The Morgan fingerprint density at radius 2 is 2.04 bits per heavy atom. The lowest BCUT2D eigenvalue weighted by Crippen LogP contribution is -2.50. The fourth-order valence-electron chi connectivity index (χ4n) is 3.23. The van der Waals surface area contributed by atoms with E-state index < -0.39 is 6.04 Å².